The van der Waals surface area contributed by atoms with Gasteiger partial charge in [0.05, 0.1) is 13.2 Å². The number of hydrogen-bond donors (Lipinski definition) is 0. The molecular weight excluding hydrogens is 220 g/mol. The number of allylic oxidation sites excluding steroid dienone is 1. The molecule has 2 aliphatic rings. The predicted octanol–water partition coefficient (Wildman–Crippen LogP) is 3.45. The molecule has 0 unspecified atom stereocenters. The predicted molar refractivity (Wildman–Crippen MR) is 65.4 cm³/mol. The van der Waals surface area contributed by atoms with Crippen LogP contribution in [0.1, 0.15) is 30.6 Å². The SMILES string of the molecule is C(=C1CCC2(CC1)OCCO2)c1cccs1. The normalized spacial score (nSPS) is 23.9. The second-order valence-corrected chi connectivity index (χ2v) is 5.40. The van der Waals surface area contributed by atoms with E-state index in [0.717, 1.165) is 38.9 Å². The Kier molecular flexibility index (Phi) is 2.84. The van der Waals surface area contributed by atoms with Crippen LogP contribution in [0.3, 0.4) is 0 Å². The number of hydrogen-bond acceptors (Lipinski definition) is 3. The first-order valence-corrected chi connectivity index (χ1v) is 6.75. The summed E-state index contributed by atoms with van der Waals surface area (Å²) in [6.45, 7) is 1.54. The van der Waals surface area contributed by atoms with Crippen LogP contribution >= 0.6 is 11.3 Å². The molecule has 1 spiro atoms. The van der Waals surface area contributed by atoms with E-state index in [1.165, 1.54) is 10.5 Å². The lowest BCUT2D eigenvalue weighted by molar-refractivity contribution is -0.171. The van der Waals surface area contributed by atoms with Gasteiger partial charge in [0.25, 0.3) is 0 Å². The highest BCUT2D eigenvalue weighted by molar-refractivity contribution is 7.10. The van der Waals surface area contributed by atoms with E-state index in [0.29, 0.717) is 0 Å². The van der Waals surface area contributed by atoms with Gasteiger partial charge in [-0.3, -0.25) is 0 Å². The molecule has 3 rings (SSSR count). The standard InChI is InChI=1S/C13H16O2S/c1-2-12(16-9-1)10-11-3-5-13(6-4-11)14-7-8-15-13/h1-2,9-10H,3-8H2. The Morgan fingerprint density at radius 3 is 2.56 bits per heavy atom. The third kappa shape index (κ3) is 2.08. The molecule has 1 saturated carbocycles. The smallest absolute Gasteiger partial charge is 0.169 e. The average molecular weight is 236 g/mol. The van der Waals surface area contributed by atoms with Crippen LogP contribution in [0.4, 0.5) is 0 Å². The van der Waals surface area contributed by atoms with Crippen LogP contribution in [0.2, 0.25) is 0 Å². The summed E-state index contributed by atoms with van der Waals surface area (Å²) >= 11 is 1.80. The summed E-state index contributed by atoms with van der Waals surface area (Å²) < 4.78 is 11.4. The van der Waals surface area contributed by atoms with E-state index in [2.05, 4.69) is 23.6 Å². The van der Waals surface area contributed by atoms with Crippen molar-refractivity contribution < 1.29 is 9.47 Å². The van der Waals surface area contributed by atoms with Crippen molar-refractivity contribution in [2.75, 3.05) is 13.2 Å². The first-order valence-electron chi connectivity index (χ1n) is 5.87. The highest BCUT2D eigenvalue weighted by atomic mass is 32.1. The number of ether oxygens (including phenoxy) is 2. The van der Waals surface area contributed by atoms with E-state index >= 15 is 0 Å². The molecule has 1 aromatic rings. The van der Waals surface area contributed by atoms with E-state index in [-0.39, 0.29) is 5.79 Å². The third-order valence-corrected chi connectivity index (χ3v) is 4.18. The van der Waals surface area contributed by atoms with Crippen LogP contribution in [0.5, 0.6) is 0 Å². The van der Waals surface area contributed by atoms with Gasteiger partial charge in [0, 0.05) is 17.7 Å². The molecule has 1 aliphatic carbocycles. The fourth-order valence-corrected chi connectivity index (χ4v) is 3.16. The lowest BCUT2D eigenvalue weighted by Crippen LogP contribution is -2.32. The number of thiophene rings is 1. The number of rotatable bonds is 1. The molecule has 86 valence electrons. The maximum atomic E-state index is 5.72. The monoisotopic (exact) mass is 236 g/mol. The summed E-state index contributed by atoms with van der Waals surface area (Å²) in [5.74, 6) is -0.229. The minimum absolute atomic E-state index is 0.229. The summed E-state index contributed by atoms with van der Waals surface area (Å²) in [5, 5.41) is 2.12. The highest BCUT2D eigenvalue weighted by Crippen LogP contribution is 2.38. The Bertz CT molecular complexity index is 363. The first kappa shape index (κ1) is 10.5. The van der Waals surface area contributed by atoms with Crippen LogP contribution in [0.25, 0.3) is 6.08 Å². The summed E-state index contributed by atoms with van der Waals surface area (Å²) in [6.07, 6.45) is 6.58. The van der Waals surface area contributed by atoms with E-state index in [4.69, 9.17) is 9.47 Å². The van der Waals surface area contributed by atoms with Gasteiger partial charge >= 0.3 is 0 Å². The maximum Gasteiger partial charge on any atom is 0.169 e. The second kappa shape index (κ2) is 4.32. The van der Waals surface area contributed by atoms with E-state index in [9.17, 15) is 0 Å². The minimum atomic E-state index is -0.229. The van der Waals surface area contributed by atoms with Gasteiger partial charge in [0.15, 0.2) is 5.79 Å². The Morgan fingerprint density at radius 2 is 1.94 bits per heavy atom. The van der Waals surface area contributed by atoms with Crippen molar-refractivity contribution in [3.63, 3.8) is 0 Å². The average Bonchev–Trinajstić information content (AvgIpc) is 2.94. The fraction of sp³-hybridized carbons (Fsp3) is 0.538. The molecule has 16 heavy (non-hydrogen) atoms. The van der Waals surface area contributed by atoms with E-state index in [1.54, 1.807) is 11.3 Å². The Morgan fingerprint density at radius 1 is 1.19 bits per heavy atom. The van der Waals surface area contributed by atoms with Gasteiger partial charge in [-0.1, -0.05) is 11.6 Å². The molecule has 0 radical (unpaired) electrons. The quantitative estimate of drug-likeness (QED) is 0.743. The summed E-state index contributed by atoms with van der Waals surface area (Å²) in [7, 11) is 0. The molecule has 0 aromatic carbocycles. The molecule has 3 heteroatoms. The second-order valence-electron chi connectivity index (χ2n) is 4.43. The fourth-order valence-electron chi connectivity index (χ4n) is 2.46. The van der Waals surface area contributed by atoms with Crippen LogP contribution < -0.4 is 0 Å². The molecule has 1 aromatic heterocycles. The van der Waals surface area contributed by atoms with Crippen molar-refractivity contribution in [3.8, 4) is 0 Å². The molecule has 2 heterocycles. The van der Waals surface area contributed by atoms with Crippen molar-refractivity contribution in [1.82, 2.24) is 0 Å². The molecule has 2 fully saturated rings. The molecule has 2 nitrogen and oxygen atoms in total. The van der Waals surface area contributed by atoms with Crippen LogP contribution in [-0.2, 0) is 9.47 Å². The highest BCUT2D eigenvalue weighted by Gasteiger charge is 2.38. The molecule has 0 bridgehead atoms. The maximum absolute atomic E-state index is 5.72. The van der Waals surface area contributed by atoms with E-state index < -0.39 is 0 Å². The van der Waals surface area contributed by atoms with Gasteiger partial charge in [-0.15, -0.1) is 11.3 Å². The Labute approximate surface area is 99.9 Å². The zero-order chi connectivity index (χ0) is 10.8. The van der Waals surface area contributed by atoms with Crippen molar-refractivity contribution >= 4 is 17.4 Å². The minimum Gasteiger partial charge on any atom is -0.348 e. The van der Waals surface area contributed by atoms with Crippen LogP contribution in [0, 0.1) is 0 Å². The van der Waals surface area contributed by atoms with Crippen molar-refractivity contribution in [3.05, 3.63) is 28.0 Å². The zero-order valence-electron chi connectivity index (χ0n) is 9.28. The van der Waals surface area contributed by atoms with Crippen molar-refractivity contribution in [2.45, 2.75) is 31.5 Å². The lowest BCUT2D eigenvalue weighted by Gasteiger charge is -2.32. The van der Waals surface area contributed by atoms with Gasteiger partial charge in [0.1, 0.15) is 0 Å². The molecule has 1 saturated heterocycles. The Balaban J connectivity index is 1.66. The summed E-state index contributed by atoms with van der Waals surface area (Å²) in [6, 6.07) is 4.27. The van der Waals surface area contributed by atoms with Crippen LogP contribution in [-0.4, -0.2) is 19.0 Å². The summed E-state index contributed by atoms with van der Waals surface area (Å²) in [5.41, 5.74) is 1.53. The largest absolute Gasteiger partial charge is 0.348 e. The molecule has 0 atom stereocenters. The van der Waals surface area contributed by atoms with Crippen molar-refractivity contribution in [1.29, 1.82) is 0 Å². The van der Waals surface area contributed by atoms with Gasteiger partial charge in [-0.25, -0.2) is 0 Å². The molecule has 0 amide bonds. The Hall–Kier alpha value is -0.640. The third-order valence-electron chi connectivity index (χ3n) is 3.36. The van der Waals surface area contributed by atoms with Gasteiger partial charge in [0.2, 0.25) is 0 Å². The van der Waals surface area contributed by atoms with E-state index in [1.807, 2.05) is 0 Å². The van der Waals surface area contributed by atoms with Gasteiger partial charge in [-0.05, 0) is 30.4 Å². The topological polar surface area (TPSA) is 18.5 Å². The summed E-state index contributed by atoms with van der Waals surface area (Å²) in [4.78, 5) is 1.36. The van der Waals surface area contributed by atoms with Crippen LogP contribution in [0.15, 0.2) is 23.1 Å². The molecule has 0 N–H and O–H groups in total. The lowest BCUT2D eigenvalue weighted by atomic mass is 9.89. The first-order chi connectivity index (χ1) is 7.86. The van der Waals surface area contributed by atoms with Gasteiger partial charge < -0.3 is 9.47 Å². The molecular formula is C13H16O2S. The molecule has 1 aliphatic heterocycles. The van der Waals surface area contributed by atoms with Gasteiger partial charge in [-0.2, -0.15) is 0 Å². The van der Waals surface area contributed by atoms with Crippen molar-refractivity contribution in [2.24, 2.45) is 0 Å². The zero-order valence-corrected chi connectivity index (χ0v) is 10.1.